The maximum Gasteiger partial charge on any atom is 0.407 e. The lowest BCUT2D eigenvalue weighted by molar-refractivity contribution is 0.143. The standard InChI is InChI=1S/C25H22N2O3/c1-17-13-14-24(28)23(27-17)12-6-7-15-26-25(29)30-16-22-20-10-4-2-8-18(20)19-9-3-5-11-21(19)22/h2-5,8-11,13-14,22,28H,7,15-16H2,1H3,(H,26,29). The van der Waals surface area contributed by atoms with Gasteiger partial charge in [0.05, 0.1) is 0 Å². The van der Waals surface area contributed by atoms with Crippen molar-refractivity contribution in [2.24, 2.45) is 0 Å². The van der Waals surface area contributed by atoms with E-state index in [4.69, 9.17) is 4.74 Å². The molecule has 2 N–H and O–H groups in total. The largest absolute Gasteiger partial charge is 0.505 e. The minimum absolute atomic E-state index is 0.0401. The molecule has 30 heavy (non-hydrogen) atoms. The molecule has 3 aromatic rings. The number of nitrogens with one attached hydrogen (secondary N) is 1. The molecule has 0 aliphatic heterocycles. The molecule has 0 atom stereocenters. The molecule has 0 radical (unpaired) electrons. The number of carbonyl (C=O) groups is 1. The van der Waals surface area contributed by atoms with E-state index in [1.807, 2.05) is 31.2 Å². The second-order valence-corrected chi connectivity index (χ2v) is 7.12. The second-order valence-electron chi connectivity index (χ2n) is 7.12. The number of pyridine rings is 1. The summed E-state index contributed by atoms with van der Waals surface area (Å²) in [7, 11) is 0. The van der Waals surface area contributed by atoms with Gasteiger partial charge in [-0.1, -0.05) is 54.5 Å². The van der Waals surface area contributed by atoms with E-state index in [1.165, 1.54) is 22.3 Å². The summed E-state index contributed by atoms with van der Waals surface area (Å²) in [5.41, 5.74) is 5.89. The molecule has 5 heteroatoms. The van der Waals surface area contributed by atoms with E-state index >= 15 is 0 Å². The molecule has 0 saturated carbocycles. The number of nitrogens with zero attached hydrogens (tertiary/aromatic N) is 1. The van der Waals surface area contributed by atoms with Crippen LogP contribution in [0.1, 0.15) is 34.9 Å². The van der Waals surface area contributed by atoms with Crippen molar-refractivity contribution in [1.82, 2.24) is 10.3 Å². The van der Waals surface area contributed by atoms with Crippen LogP contribution in [0.15, 0.2) is 60.7 Å². The van der Waals surface area contributed by atoms with Crippen LogP contribution < -0.4 is 5.32 Å². The molecule has 4 rings (SSSR count). The van der Waals surface area contributed by atoms with Gasteiger partial charge in [-0.15, -0.1) is 0 Å². The Balaban J connectivity index is 1.30. The van der Waals surface area contributed by atoms with E-state index in [2.05, 4.69) is 46.4 Å². The highest BCUT2D eigenvalue weighted by Crippen LogP contribution is 2.44. The predicted octanol–water partition coefficient (Wildman–Crippen LogP) is 4.38. The van der Waals surface area contributed by atoms with Gasteiger partial charge in [0.25, 0.3) is 0 Å². The van der Waals surface area contributed by atoms with Crippen LogP contribution in [0.5, 0.6) is 5.75 Å². The van der Waals surface area contributed by atoms with E-state index < -0.39 is 6.09 Å². The molecule has 1 aliphatic rings. The summed E-state index contributed by atoms with van der Waals surface area (Å²) in [5, 5.41) is 12.5. The molecule has 0 unspecified atom stereocenters. The van der Waals surface area contributed by atoms with Gasteiger partial charge in [0, 0.05) is 24.6 Å². The number of aryl methyl sites for hydroxylation is 1. The molecule has 0 fully saturated rings. The monoisotopic (exact) mass is 398 g/mol. The summed E-state index contributed by atoms with van der Waals surface area (Å²) in [6.07, 6.45) is -0.0330. The molecule has 5 nitrogen and oxygen atoms in total. The van der Waals surface area contributed by atoms with Crippen molar-refractivity contribution in [3.63, 3.8) is 0 Å². The van der Waals surface area contributed by atoms with Crippen molar-refractivity contribution in [3.8, 4) is 28.7 Å². The Morgan fingerprint density at radius 1 is 1.07 bits per heavy atom. The van der Waals surface area contributed by atoms with Crippen LogP contribution in [0.2, 0.25) is 0 Å². The number of hydrogen-bond donors (Lipinski definition) is 2. The van der Waals surface area contributed by atoms with Gasteiger partial charge in [0.2, 0.25) is 0 Å². The minimum Gasteiger partial charge on any atom is -0.505 e. The van der Waals surface area contributed by atoms with Gasteiger partial charge < -0.3 is 15.2 Å². The molecule has 0 saturated heterocycles. The number of hydrogen-bond acceptors (Lipinski definition) is 4. The van der Waals surface area contributed by atoms with Crippen LogP contribution in [0, 0.1) is 18.8 Å². The highest BCUT2D eigenvalue weighted by Gasteiger charge is 2.28. The SMILES string of the molecule is Cc1ccc(O)c(C#CCCNC(=O)OCC2c3ccccc3-c3ccccc32)n1. The first-order valence-corrected chi connectivity index (χ1v) is 9.88. The average molecular weight is 398 g/mol. The smallest absolute Gasteiger partial charge is 0.407 e. The molecule has 0 bridgehead atoms. The Morgan fingerprint density at radius 3 is 2.43 bits per heavy atom. The van der Waals surface area contributed by atoms with Crippen LogP contribution in [0.25, 0.3) is 11.1 Å². The Labute approximate surface area is 175 Å². The summed E-state index contributed by atoms with van der Waals surface area (Å²) in [5.74, 6) is 5.82. The van der Waals surface area contributed by atoms with Gasteiger partial charge in [0.1, 0.15) is 12.4 Å². The van der Waals surface area contributed by atoms with Gasteiger partial charge in [0.15, 0.2) is 5.69 Å². The minimum atomic E-state index is -0.463. The molecule has 1 amide bonds. The van der Waals surface area contributed by atoms with Crippen LogP contribution in [-0.2, 0) is 4.74 Å². The molecule has 150 valence electrons. The van der Waals surface area contributed by atoms with Crippen LogP contribution in [0.4, 0.5) is 4.79 Å². The van der Waals surface area contributed by atoms with E-state index in [0.717, 1.165) is 5.69 Å². The number of carbonyl (C=O) groups excluding carboxylic acids is 1. The van der Waals surface area contributed by atoms with Crippen molar-refractivity contribution in [2.45, 2.75) is 19.3 Å². The predicted molar refractivity (Wildman–Crippen MR) is 115 cm³/mol. The lowest BCUT2D eigenvalue weighted by Gasteiger charge is -2.14. The zero-order valence-electron chi connectivity index (χ0n) is 16.7. The van der Waals surface area contributed by atoms with Crippen LogP contribution in [0.3, 0.4) is 0 Å². The van der Waals surface area contributed by atoms with E-state index in [-0.39, 0.29) is 18.3 Å². The topological polar surface area (TPSA) is 71.5 Å². The van der Waals surface area contributed by atoms with Gasteiger partial charge in [-0.25, -0.2) is 9.78 Å². The molecule has 1 aromatic heterocycles. The number of benzene rings is 2. The molecule has 1 aliphatic carbocycles. The zero-order valence-corrected chi connectivity index (χ0v) is 16.7. The summed E-state index contributed by atoms with van der Waals surface area (Å²) in [6, 6.07) is 19.8. The number of aromatic hydroxyl groups is 1. The third kappa shape index (κ3) is 4.13. The highest BCUT2D eigenvalue weighted by atomic mass is 16.5. The third-order valence-electron chi connectivity index (χ3n) is 5.08. The van der Waals surface area contributed by atoms with Crippen molar-refractivity contribution < 1.29 is 14.6 Å². The number of alkyl carbamates (subject to hydrolysis) is 1. The molecular weight excluding hydrogens is 376 g/mol. The first kappa shape index (κ1) is 19.5. The van der Waals surface area contributed by atoms with Crippen LogP contribution >= 0.6 is 0 Å². The van der Waals surface area contributed by atoms with Gasteiger partial charge in [-0.05, 0) is 47.2 Å². The summed E-state index contributed by atoms with van der Waals surface area (Å²) in [6.45, 7) is 2.48. The third-order valence-corrected chi connectivity index (χ3v) is 5.08. The molecule has 0 spiro atoms. The van der Waals surface area contributed by atoms with Crippen molar-refractivity contribution in [3.05, 3.63) is 83.2 Å². The molecular formula is C25H22N2O3. The number of ether oxygens (including phenoxy) is 1. The fraction of sp³-hybridized carbons (Fsp3) is 0.200. The fourth-order valence-electron chi connectivity index (χ4n) is 3.66. The Morgan fingerprint density at radius 2 is 1.73 bits per heavy atom. The Kier molecular flexibility index (Phi) is 5.67. The lowest BCUT2D eigenvalue weighted by Crippen LogP contribution is -2.26. The van der Waals surface area contributed by atoms with Crippen molar-refractivity contribution in [2.75, 3.05) is 13.2 Å². The molecule has 1 heterocycles. The Bertz CT molecular complexity index is 1100. The number of amides is 1. The van der Waals surface area contributed by atoms with Crippen LogP contribution in [-0.4, -0.2) is 29.3 Å². The lowest BCUT2D eigenvalue weighted by atomic mass is 9.98. The highest BCUT2D eigenvalue weighted by molar-refractivity contribution is 5.79. The number of fused-ring (bicyclic) bond motifs is 3. The first-order chi connectivity index (χ1) is 14.6. The van der Waals surface area contributed by atoms with Gasteiger partial charge in [-0.2, -0.15) is 0 Å². The van der Waals surface area contributed by atoms with Gasteiger partial charge >= 0.3 is 6.09 Å². The summed E-state index contributed by atoms with van der Waals surface area (Å²) < 4.78 is 5.49. The number of rotatable bonds is 4. The zero-order chi connectivity index (χ0) is 20.9. The van der Waals surface area contributed by atoms with Gasteiger partial charge in [-0.3, -0.25) is 0 Å². The number of aromatic nitrogens is 1. The van der Waals surface area contributed by atoms with E-state index in [1.54, 1.807) is 12.1 Å². The van der Waals surface area contributed by atoms with Crippen molar-refractivity contribution in [1.29, 1.82) is 0 Å². The second kappa shape index (κ2) is 8.71. The van der Waals surface area contributed by atoms with E-state index in [0.29, 0.717) is 18.7 Å². The Hall–Kier alpha value is -3.78. The maximum absolute atomic E-state index is 12.1. The average Bonchev–Trinajstić information content (AvgIpc) is 3.08. The van der Waals surface area contributed by atoms with E-state index in [9.17, 15) is 9.90 Å². The quantitative estimate of drug-likeness (QED) is 0.506. The van der Waals surface area contributed by atoms with Crippen molar-refractivity contribution >= 4 is 6.09 Å². The maximum atomic E-state index is 12.1. The normalized spacial score (nSPS) is 11.8. The fourth-order valence-corrected chi connectivity index (χ4v) is 3.66. The first-order valence-electron chi connectivity index (χ1n) is 9.88. The molecule has 2 aromatic carbocycles. The summed E-state index contributed by atoms with van der Waals surface area (Å²) in [4.78, 5) is 16.3. The summed E-state index contributed by atoms with van der Waals surface area (Å²) >= 11 is 0.